The molecule has 1 fully saturated rings. The zero-order valence-electron chi connectivity index (χ0n) is 18.6. The fourth-order valence-corrected chi connectivity index (χ4v) is 3.87. The summed E-state index contributed by atoms with van der Waals surface area (Å²) in [6.07, 6.45) is 2.61. The van der Waals surface area contributed by atoms with Crippen LogP contribution >= 0.6 is 0 Å². The molecule has 0 radical (unpaired) electrons. The first-order valence-corrected chi connectivity index (χ1v) is 10.8. The predicted molar refractivity (Wildman–Crippen MR) is 121 cm³/mol. The lowest BCUT2D eigenvalue weighted by Gasteiger charge is -2.26. The Bertz CT molecular complexity index is 1010. The predicted octanol–water partition coefficient (Wildman–Crippen LogP) is 4.41. The molecule has 0 aromatic heterocycles. The number of likely N-dealkylation sites (tertiary alicyclic amines) is 1. The number of methoxy groups -OCH3 is 1. The van der Waals surface area contributed by atoms with Gasteiger partial charge >= 0.3 is 0 Å². The molecule has 0 aliphatic carbocycles. The molecule has 1 atom stereocenters. The zero-order valence-corrected chi connectivity index (χ0v) is 18.6. The van der Waals surface area contributed by atoms with Gasteiger partial charge in [-0.15, -0.1) is 0 Å². The van der Waals surface area contributed by atoms with Crippen molar-refractivity contribution >= 4 is 17.4 Å². The number of phenolic OH excluding ortho intramolecular Hbond substituents is 1. The molecule has 3 rings (SSSR count). The average molecular weight is 440 g/mol. The van der Waals surface area contributed by atoms with E-state index in [1.54, 1.807) is 43.3 Å². The Morgan fingerprint density at radius 2 is 1.78 bits per heavy atom. The van der Waals surface area contributed by atoms with Crippen molar-refractivity contribution in [3.05, 3.63) is 59.2 Å². The number of ketones is 1. The molecule has 1 unspecified atom stereocenters. The highest BCUT2D eigenvalue weighted by molar-refractivity contribution is 6.46. The molecule has 2 aromatic rings. The van der Waals surface area contributed by atoms with Gasteiger partial charge < -0.3 is 24.6 Å². The number of ether oxygens (including phenoxy) is 2. The summed E-state index contributed by atoms with van der Waals surface area (Å²) in [5.41, 5.74) is 1.01. The number of phenols is 1. The average Bonchev–Trinajstić information content (AvgIpc) is 3.05. The van der Waals surface area contributed by atoms with Crippen LogP contribution in [0, 0.1) is 0 Å². The van der Waals surface area contributed by atoms with Crippen LogP contribution in [0.4, 0.5) is 0 Å². The van der Waals surface area contributed by atoms with Crippen LogP contribution in [0.2, 0.25) is 0 Å². The molecule has 1 aliphatic rings. The standard InChI is InChI=1S/C25H29NO6/c1-4-6-7-14-26-22(17-10-13-19(27)20(15-17)32-5-2)21(24(29)25(26)30)23(28)16-8-11-18(31-3)12-9-16/h8-13,15,22,27-28H,4-7,14H2,1-3H3/b23-21-. The van der Waals surface area contributed by atoms with E-state index in [9.17, 15) is 19.8 Å². The number of nitrogens with zero attached hydrogens (tertiary/aromatic N) is 1. The second-order valence-electron chi connectivity index (χ2n) is 7.59. The normalized spacial score (nSPS) is 17.6. The quantitative estimate of drug-likeness (QED) is 0.260. The van der Waals surface area contributed by atoms with Crippen LogP contribution in [-0.2, 0) is 9.59 Å². The molecule has 1 saturated heterocycles. The summed E-state index contributed by atoms with van der Waals surface area (Å²) >= 11 is 0. The van der Waals surface area contributed by atoms with E-state index in [0.717, 1.165) is 19.3 Å². The Morgan fingerprint density at radius 3 is 2.41 bits per heavy atom. The Morgan fingerprint density at radius 1 is 1.06 bits per heavy atom. The Hall–Kier alpha value is -3.48. The Kier molecular flexibility index (Phi) is 7.41. The van der Waals surface area contributed by atoms with Crippen LogP contribution < -0.4 is 9.47 Å². The van der Waals surface area contributed by atoms with Crippen LogP contribution in [0.25, 0.3) is 5.76 Å². The zero-order chi connectivity index (χ0) is 23.3. The van der Waals surface area contributed by atoms with E-state index < -0.39 is 17.7 Å². The van der Waals surface area contributed by atoms with Gasteiger partial charge in [0.15, 0.2) is 11.5 Å². The fraction of sp³-hybridized carbons (Fsp3) is 0.360. The topological polar surface area (TPSA) is 96.3 Å². The molecule has 1 aliphatic heterocycles. The molecule has 170 valence electrons. The molecule has 2 aromatic carbocycles. The second-order valence-corrected chi connectivity index (χ2v) is 7.59. The van der Waals surface area contributed by atoms with Gasteiger partial charge in [0.05, 0.1) is 25.3 Å². The van der Waals surface area contributed by atoms with Crippen molar-refractivity contribution in [2.75, 3.05) is 20.3 Å². The van der Waals surface area contributed by atoms with Gasteiger partial charge in [-0.3, -0.25) is 9.59 Å². The van der Waals surface area contributed by atoms with E-state index in [0.29, 0.717) is 30.0 Å². The van der Waals surface area contributed by atoms with Gasteiger partial charge in [-0.2, -0.15) is 0 Å². The SMILES string of the molecule is CCCCCN1C(=O)C(=O)/C(=C(\O)c2ccc(OC)cc2)C1c1ccc(O)c(OCC)c1. The number of aromatic hydroxyl groups is 1. The Labute approximate surface area is 187 Å². The van der Waals surface area contributed by atoms with E-state index in [1.807, 2.05) is 0 Å². The van der Waals surface area contributed by atoms with Crippen LogP contribution in [0.15, 0.2) is 48.0 Å². The molecule has 7 nitrogen and oxygen atoms in total. The van der Waals surface area contributed by atoms with E-state index in [4.69, 9.17) is 9.47 Å². The number of carbonyl (C=O) groups excluding carboxylic acids is 2. The van der Waals surface area contributed by atoms with E-state index in [1.165, 1.54) is 18.1 Å². The summed E-state index contributed by atoms with van der Waals surface area (Å²) in [5.74, 6) is -0.793. The summed E-state index contributed by atoms with van der Waals surface area (Å²) in [4.78, 5) is 27.5. The van der Waals surface area contributed by atoms with Crippen molar-refractivity contribution in [3.63, 3.8) is 0 Å². The van der Waals surface area contributed by atoms with Gasteiger partial charge in [-0.25, -0.2) is 0 Å². The van der Waals surface area contributed by atoms with E-state index >= 15 is 0 Å². The van der Waals surface area contributed by atoms with E-state index in [2.05, 4.69) is 6.92 Å². The molecular formula is C25H29NO6. The van der Waals surface area contributed by atoms with Crippen LogP contribution in [0.3, 0.4) is 0 Å². The lowest BCUT2D eigenvalue weighted by molar-refractivity contribution is -0.139. The highest BCUT2D eigenvalue weighted by Crippen LogP contribution is 2.42. The van der Waals surface area contributed by atoms with Crippen molar-refractivity contribution in [2.45, 2.75) is 39.2 Å². The number of Topliss-reactive ketones (excluding diaryl/α,β-unsaturated/α-hetero) is 1. The molecule has 2 N–H and O–H groups in total. The van der Waals surface area contributed by atoms with E-state index in [-0.39, 0.29) is 22.8 Å². The number of unbranched alkanes of at least 4 members (excludes halogenated alkanes) is 2. The minimum atomic E-state index is -0.784. The lowest BCUT2D eigenvalue weighted by Crippen LogP contribution is -2.30. The number of carbonyl (C=O) groups is 2. The number of benzene rings is 2. The molecule has 1 heterocycles. The van der Waals surface area contributed by atoms with Gasteiger partial charge in [0.2, 0.25) is 0 Å². The summed E-state index contributed by atoms with van der Waals surface area (Å²) in [5, 5.41) is 21.2. The van der Waals surface area contributed by atoms with Crippen molar-refractivity contribution < 1.29 is 29.3 Å². The van der Waals surface area contributed by atoms with Crippen molar-refractivity contribution in [1.29, 1.82) is 0 Å². The van der Waals surface area contributed by atoms with Crippen LogP contribution in [0.5, 0.6) is 17.2 Å². The minimum absolute atomic E-state index is 0.0183. The molecule has 0 spiro atoms. The van der Waals surface area contributed by atoms with Crippen LogP contribution in [-0.4, -0.2) is 47.1 Å². The van der Waals surface area contributed by atoms with Gasteiger partial charge in [0.25, 0.3) is 11.7 Å². The molecule has 7 heteroatoms. The molecule has 1 amide bonds. The summed E-state index contributed by atoms with van der Waals surface area (Å²) in [6.45, 7) is 4.59. The number of amides is 1. The van der Waals surface area contributed by atoms with Crippen molar-refractivity contribution in [1.82, 2.24) is 4.90 Å². The second kappa shape index (κ2) is 10.2. The van der Waals surface area contributed by atoms with Gasteiger partial charge in [-0.1, -0.05) is 25.8 Å². The van der Waals surface area contributed by atoms with Gasteiger partial charge in [-0.05, 0) is 55.3 Å². The molecular weight excluding hydrogens is 410 g/mol. The van der Waals surface area contributed by atoms with Crippen LogP contribution in [0.1, 0.15) is 50.3 Å². The minimum Gasteiger partial charge on any atom is -0.507 e. The largest absolute Gasteiger partial charge is 0.507 e. The highest BCUT2D eigenvalue weighted by atomic mass is 16.5. The maximum absolute atomic E-state index is 13.0. The first-order valence-electron chi connectivity index (χ1n) is 10.8. The van der Waals surface area contributed by atoms with Crippen molar-refractivity contribution in [3.8, 4) is 17.2 Å². The third kappa shape index (κ3) is 4.56. The number of rotatable bonds is 9. The third-order valence-electron chi connectivity index (χ3n) is 5.51. The van der Waals surface area contributed by atoms with Crippen molar-refractivity contribution in [2.24, 2.45) is 0 Å². The number of hydrogen-bond donors (Lipinski definition) is 2. The number of hydrogen-bond acceptors (Lipinski definition) is 6. The number of aliphatic hydroxyl groups is 1. The highest BCUT2D eigenvalue weighted by Gasteiger charge is 2.46. The van der Waals surface area contributed by atoms with Gasteiger partial charge in [0, 0.05) is 12.1 Å². The summed E-state index contributed by atoms with van der Waals surface area (Å²) < 4.78 is 10.7. The fourth-order valence-electron chi connectivity index (χ4n) is 3.87. The Balaban J connectivity index is 2.13. The first kappa shape index (κ1) is 23.2. The summed E-state index contributed by atoms with van der Waals surface area (Å²) in [6, 6.07) is 10.6. The van der Waals surface area contributed by atoms with Gasteiger partial charge in [0.1, 0.15) is 11.5 Å². The summed E-state index contributed by atoms with van der Waals surface area (Å²) in [7, 11) is 1.54. The first-order chi connectivity index (χ1) is 15.4. The maximum Gasteiger partial charge on any atom is 0.295 e. The lowest BCUT2D eigenvalue weighted by atomic mass is 9.95. The monoisotopic (exact) mass is 439 g/mol. The number of aliphatic hydroxyl groups excluding tert-OH is 1. The molecule has 0 bridgehead atoms. The maximum atomic E-state index is 13.0. The molecule has 32 heavy (non-hydrogen) atoms. The molecule has 0 saturated carbocycles. The third-order valence-corrected chi connectivity index (χ3v) is 5.51. The smallest absolute Gasteiger partial charge is 0.295 e.